The predicted octanol–water partition coefficient (Wildman–Crippen LogP) is 36.3. The van der Waals surface area contributed by atoms with Gasteiger partial charge in [-0.3, -0.25) is 9.97 Å². The summed E-state index contributed by atoms with van der Waals surface area (Å²) in [5.41, 5.74) is 21.5. The second-order valence-corrected chi connectivity index (χ2v) is 37.5. The van der Waals surface area contributed by atoms with E-state index < -0.39 is 47.0 Å². The molecule has 0 unspecified atom stereocenters. The van der Waals surface area contributed by atoms with E-state index in [2.05, 4.69) is 237 Å². The summed E-state index contributed by atoms with van der Waals surface area (Å²) in [6, 6.07) is 122. The molecule has 148 heavy (non-hydrogen) atoms. The Kier molecular flexibility index (Phi) is 21.9. The van der Waals surface area contributed by atoms with Crippen molar-refractivity contribution in [2.45, 2.75) is 52.4 Å². The summed E-state index contributed by atoms with van der Waals surface area (Å²) < 4.78 is 185. The van der Waals surface area contributed by atoms with Crippen LogP contribution in [-0.4, -0.2) is 28.2 Å². The smallest absolute Gasteiger partial charge is 0.308 e. The van der Waals surface area contributed by atoms with E-state index in [0.717, 1.165) is 215 Å². The number of benzene rings is 18. The molecule has 8 nitrogen and oxygen atoms in total. The van der Waals surface area contributed by atoms with Crippen LogP contribution in [0.2, 0.25) is 0 Å². The van der Waals surface area contributed by atoms with Gasteiger partial charge < -0.3 is 18.3 Å². The van der Waals surface area contributed by atoms with Crippen LogP contribution in [0.4, 0.5) is 52.7 Å². The quantitative estimate of drug-likeness (QED) is 0.0956. The van der Waals surface area contributed by atoms with Crippen LogP contribution in [-0.2, 0) is 24.7 Å². The van der Waals surface area contributed by atoms with Crippen LogP contribution < -0.4 is 0 Å². The first-order valence-corrected chi connectivity index (χ1v) is 47.8. The zero-order valence-electron chi connectivity index (χ0n) is 79.2. The molecule has 20 heteroatoms. The summed E-state index contributed by atoms with van der Waals surface area (Å²) in [4.78, 5) is 10.3. The molecule has 6 heterocycles. The molecule has 0 spiro atoms. The van der Waals surface area contributed by atoms with Crippen molar-refractivity contribution in [2.75, 3.05) is 0 Å². The van der Waals surface area contributed by atoms with Crippen molar-refractivity contribution in [3.8, 4) is 158 Å². The van der Waals surface area contributed by atoms with Crippen LogP contribution >= 0.6 is 0 Å². The van der Waals surface area contributed by atoms with E-state index in [1.807, 2.05) is 109 Å². The summed E-state index contributed by atoms with van der Waals surface area (Å²) >= 11 is 0. The van der Waals surface area contributed by atoms with Crippen molar-refractivity contribution >= 4 is 87.2 Å². The number of rotatable bonds is 15. The Hall–Kier alpha value is -18.4. The lowest BCUT2D eigenvalue weighted by atomic mass is 9.92. The van der Waals surface area contributed by atoms with Crippen molar-refractivity contribution in [3.05, 3.63) is 456 Å². The van der Waals surface area contributed by atoms with Crippen molar-refractivity contribution in [1.29, 1.82) is 10.5 Å². The van der Waals surface area contributed by atoms with Crippen LogP contribution in [0.3, 0.4) is 0 Å². The number of halogens is 12. The highest BCUT2D eigenvalue weighted by molar-refractivity contribution is 6.16. The van der Waals surface area contributed by atoms with E-state index >= 15 is 0 Å². The van der Waals surface area contributed by atoms with Crippen LogP contribution in [0.5, 0.6) is 0 Å². The number of hydrogen-bond donors (Lipinski definition) is 0. The Morgan fingerprint density at radius 1 is 0.196 bits per heavy atom. The highest BCUT2D eigenvalue weighted by Crippen LogP contribution is 2.52. The fraction of sp³-hybridized carbons (Fsp3) is 0.0625. The summed E-state index contributed by atoms with van der Waals surface area (Å²) in [6.45, 7) is 8.44. The number of hydrogen-bond acceptors (Lipinski definition) is 4. The van der Waals surface area contributed by atoms with Gasteiger partial charge in [0.1, 0.15) is 23.3 Å². The van der Waals surface area contributed by atoms with Crippen molar-refractivity contribution < 1.29 is 52.7 Å². The Balaban J connectivity index is 0.679. The molecule has 0 aliphatic carbocycles. The molecule has 18 aromatic carbocycles. The normalized spacial score (nSPS) is 12.2. The molecule has 0 atom stereocenters. The topological polar surface area (TPSA) is 93.1 Å². The van der Waals surface area contributed by atoms with Crippen molar-refractivity contribution in [1.82, 2.24) is 28.2 Å². The van der Waals surface area contributed by atoms with Crippen LogP contribution in [0.25, 0.3) is 233 Å². The highest BCUT2D eigenvalue weighted by Gasteiger charge is 2.38. The van der Waals surface area contributed by atoms with Crippen molar-refractivity contribution in [2.24, 2.45) is 0 Å². The van der Waals surface area contributed by atoms with Crippen LogP contribution in [0.15, 0.2) is 401 Å². The van der Waals surface area contributed by atoms with Crippen molar-refractivity contribution in [3.63, 3.8) is 0 Å². The number of alkyl halides is 12. The monoisotopic (exact) mass is 1950 g/mol. The number of pyridine rings is 2. The first-order valence-electron chi connectivity index (χ1n) is 47.8. The van der Waals surface area contributed by atoms with Gasteiger partial charge in [0.2, 0.25) is 0 Å². The standard InChI is InChI=1S/C128H78F12N8/c1-73-20-8-11-29-93(73)82-38-46-99-100-47-39-83(94-30-12-9-21-74(94)2)60-116(100)147(115(99)59-82)121-65-88(98-35-19-55-144-124(98)103-33-15-14-32-96(103)77-23-6-5-7-24-77)66-122(110(121)72-142)148-117-61-84(95-31-13-10-22-75(95)3)40-48-101(117)102-49-41-85(62-118(102)148)104-58-81(37-36-76(104)4)79-26-16-25-78(56-79)80-27-17-28-86(57-80)123-97(34-18-54-143-123)87-63-119(145-111-50-42-89(125(129,130)131)67-105(111)106-68-90(126(132,133)134)43-51-112(106)145)109(71-141)120(64-87)146-113-52-44-91(127(135,136)137)69-107(113)108-70-92(128(138,139)140)45-53-114(108)146/h5-70H,1-4H3. The molecule has 0 bridgehead atoms. The molecule has 0 aliphatic rings. The maximum Gasteiger partial charge on any atom is 0.416 e. The number of aryl methyl sites for hydroxylation is 4. The Morgan fingerprint density at radius 3 is 0.845 bits per heavy atom. The molecule has 24 aromatic rings. The maximum atomic E-state index is 14.8. The molecule has 0 saturated heterocycles. The van der Waals surface area contributed by atoms with E-state index in [-0.39, 0.29) is 66.1 Å². The lowest BCUT2D eigenvalue weighted by Crippen LogP contribution is -2.07. The van der Waals surface area contributed by atoms with Gasteiger partial charge in [-0.2, -0.15) is 63.2 Å². The fourth-order valence-corrected chi connectivity index (χ4v) is 21.8. The molecular formula is C128H78F12N8. The van der Waals surface area contributed by atoms with E-state index in [9.17, 15) is 63.2 Å². The molecule has 6 aromatic heterocycles. The molecule has 0 fully saturated rings. The summed E-state index contributed by atoms with van der Waals surface area (Å²) in [5.74, 6) is 0. The first-order chi connectivity index (χ1) is 71.5. The van der Waals surface area contributed by atoms with Gasteiger partial charge in [-0.05, 0) is 291 Å². The average Bonchev–Trinajstić information content (AvgIpc) is 1.55. The minimum Gasteiger partial charge on any atom is -0.308 e. The summed E-state index contributed by atoms with van der Waals surface area (Å²) in [7, 11) is 0. The second-order valence-electron chi connectivity index (χ2n) is 37.5. The zero-order valence-corrected chi connectivity index (χ0v) is 79.2. The largest absolute Gasteiger partial charge is 0.416 e. The van der Waals surface area contributed by atoms with Crippen LogP contribution in [0.1, 0.15) is 55.6 Å². The van der Waals surface area contributed by atoms with E-state index in [0.29, 0.717) is 58.0 Å². The van der Waals surface area contributed by atoms with E-state index in [4.69, 9.17) is 9.97 Å². The molecular weight excluding hydrogens is 1880 g/mol. The third-order valence-corrected chi connectivity index (χ3v) is 28.8. The van der Waals surface area contributed by atoms with E-state index in [1.165, 1.54) is 21.3 Å². The van der Waals surface area contributed by atoms with Gasteiger partial charge in [-0.1, -0.05) is 237 Å². The molecule has 714 valence electrons. The second kappa shape index (κ2) is 35.3. The molecule has 0 radical (unpaired) electrons. The number of fused-ring (bicyclic) bond motifs is 12. The molecule has 0 aliphatic heterocycles. The minimum absolute atomic E-state index is 0.0909. The Labute approximate surface area is 839 Å². The van der Waals surface area contributed by atoms with Gasteiger partial charge in [-0.25, -0.2) is 0 Å². The fourth-order valence-electron chi connectivity index (χ4n) is 21.8. The van der Waals surface area contributed by atoms with E-state index in [1.54, 1.807) is 18.3 Å². The molecule has 0 saturated carbocycles. The van der Waals surface area contributed by atoms with Gasteiger partial charge in [-0.15, -0.1) is 0 Å². The lowest BCUT2D eigenvalue weighted by molar-refractivity contribution is -0.138. The van der Waals surface area contributed by atoms with Gasteiger partial charge in [0, 0.05) is 77.7 Å². The lowest BCUT2D eigenvalue weighted by Gasteiger charge is -2.20. The van der Waals surface area contributed by atoms with Gasteiger partial charge in [0.15, 0.2) is 0 Å². The van der Waals surface area contributed by atoms with Gasteiger partial charge in [0.25, 0.3) is 0 Å². The Bertz CT molecular complexity index is 9360. The zero-order chi connectivity index (χ0) is 102. The SMILES string of the molecule is Cc1ccccc1-c1ccc2c3ccc(-c4ccccc4C)cc3n(-c3cc(-c4cccnc4-c4ccccc4-c4ccccc4)cc(-n4c5cc(-c6ccccc6C)ccc5c5ccc(-c6cc(-c7cccc(-c8cccc(-c9ncccc9-c9cc(-n%10c%11ccc(C(F)(F)F)cc%11c%11cc(C(F)(F)F)ccc%11%10)c(C#N)c(-n%10c%11ccc(C(F)(F)F)cc%11c%11cc(C(F)(F)F)ccc%11%10)c9)c8)c7)ccc6C)cc54)c3C#N)c2c1. The number of nitrogens with zero attached hydrogens (tertiary/aromatic N) is 8. The third-order valence-electron chi connectivity index (χ3n) is 28.8. The van der Waals surface area contributed by atoms with Crippen LogP contribution in [0, 0.1) is 50.4 Å². The first kappa shape index (κ1) is 92.0. The van der Waals surface area contributed by atoms with Gasteiger partial charge >= 0.3 is 24.7 Å². The summed E-state index contributed by atoms with van der Waals surface area (Å²) in [6.07, 6.45) is -16.6. The number of nitriles is 2. The predicted molar refractivity (Wildman–Crippen MR) is 568 cm³/mol. The summed E-state index contributed by atoms with van der Waals surface area (Å²) in [5, 5.41) is 27.4. The Morgan fingerprint density at radius 2 is 0.480 bits per heavy atom. The minimum atomic E-state index is -4.99. The highest BCUT2D eigenvalue weighted by atomic mass is 19.4. The van der Waals surface area contributed by atoms with Gasteiger partial charge in [0.05, 0.1) is 101 Å². The molecule has 0 amide bonds. The molecule has 0 N–H and O–H groups in total. The maximum absolute atomic E-state index is 14.8. The third kappa shape index (κ3) is 15.7. The molecule has 24 rings (SSSR count). The average molecular weight is 1960 g/mol. The number of aromatic nitrogens is 6.